The maximum absolute atomic E-state index is 13.6. The van der Waals surface area contributed by atoms with Crippen LogP contribution in [0.2, 0.25) is 0 Å². The van der Waals surface area contributed by atoms with Gasteiger partial charge in [0.05, 0.1) is 5.03 Å². The number of benzene rings is 2. The van der Waals surface area contributed by atoms with Crippen LogP contribution in [-0.4, -0.2) is 29.1 Å². The minimum atomic E-state index is -0.556. The number of para-hydroxylation sites is 1. The van der Waals surface area contributed by atoms with Crippen molar-refractivity contribution in [2.24, 2.45) is 9.98 Å². The zero-order chi connectivity index (χ0) is 19.5. The zero-order valence-electron chi connectivity index (χ0n) is 14.7. The van der Waals surface area contributed by atoms with E-state index in [0.29, 0.717) is 17.4 Å². The lowest BCUT2D eigenvalue weighted by atomic mass is 10.1. The van der Waals surface area contributed by atoms with Crippen LogP contribution in [0.1, 0.15) is 11.1 Å². The highest BCUT2D eigenvalue weighted by Gasteiger charge is 2.21. The molecule has 7 heteroatoms. The van der Waals surface area contributed by atoms with Crippen LogP contribution in [0.25, 0.3) is 0 Å². The summed E-state index contributed by atoms with van der Waals surface area (Å²) in [6, 6.07) is 13.5. The number of allylic oxidation sites excluding steroid dienone is 2. The highest BCUT2D eigenvalue weighted by atomic mass is 35.5. The van der Waals surface area contributed by atoms with Crippen molar-refractivity contribution in [2.45, 2.75) is 6.54 Å². The van der Waals surface area contributed by atoms with Crippen LogP contribution in [0.5, 0.6) is 5.75 Å². The van der Waals surface area contributed by atoms with Crippen molar-refractivity contribution < 1.29 is 13.9 Å². The number of halogens is 2. The van der Waals surface area contributed by atoms with Gasteiger partial charge < -0.3 is 9.64 Å². The molecule has 0 radical (unpaired) electrons. The first-order chi connectivity index (χ1) is 13.6. The third-order valence-corrected chi connectivity index (χ3v) is 4.43. The molecule has 2 aliphatic rings. The fourth-order valence-corrected chi connectivity index (χ4v) is 3.08. The number of fused-ring (bicyclic) bond motifs is 2. The van der Waals surface area contributed by atoms with E-state index in [4.69, 9.17) is 16.3 Å². The minimum Gasteiger partial charge on any atom is -0.481 e. The molecule has 0 spiro atoms. The summed E-state index contributed by atoms with van der Waals surface area (Å²) in [7, 11) is 0. The molecule has 0 unspecified atom stereocenters. The fraction of sp³-hybridized carbons (Fsp3) is 0.0952. The number of carbonyl (C=O) groups is 1. The lowest BCUT2D eigenvalue weighted by Crippen LogP contribution is -2.25. The van der Waals surface area contributed by atoms with Gasteiger partial charge in [-0.15, -0.1) is 0 Å². The maximum Gasteiger partial charge on any atom is 0.285 e. The largest absolute Gasteiger partial charge is 0.481 e. The van der Waals surface area contributed by atoms with E-state index in [-0.39, 0.29) is 18.2 Å². The van der Waals surface area contributed by atoms with E-state index in [0.717, 1.165) is 11.1 Å². The topological polar surface area (TPSA) is 54.3 Å². The average Bonchev–Trinajstić information content (AvgIpc) is 2.83. The molecule has 5 nitrogen and oxygen atoms in total. The molecule has 2 heterocycles. The van der Waals surface area contributed by atoms with Crippen molar-refractivity contribution in [1.29, 1.82) is 0 Å². The molecule has 2 aromatic carbocycles. The molecule has 0 aliphatic carbocycles. The van der Waals surface area contributed by atoms with Gasteiger partial charge in [0.15, 0.2) is 24.0 Å². The lowest BCUT2D eigenvalue weighted by Gasteiger charge is -2.21. The molecule has 0 aromatic heterocycles. The monoisotopic (exact) mass is 395 g/mol. The Morgan fingerprint density at radius 2 is 1.96 bits per heavy atom. The number of aliphatic imine (C=N–C) groups is 2. The summed E-state index contributed by atoms with van der Waals surface area (Å²) in [5.74, 6) is -0.174. The van der Waals surface area contributed by atoms with Gasteiger partial charge in [-0.2, -0.15) is 4.99 Å². The quantitative estimate of drug-likeness (QED) is 0.788. The van der Waals surface area contributed by atoms with Crippen molar-refractivity contribution in [3.63, 3.8) is 0 Å². The number of nitrogens with zero attached hydrogens (tertiary/aromatic N) is 3. The Balaban J connectivity index is 1.63. The molecule has 0 fully saturated rings. The smallest absolute Gasteiger partial charge is 0.285 e. The van der Waals surface area contributed by atoms with Crippen LogP contribution >= 0.6 is 11.6 Å². The van der Waals surface area contributed by atoms with Crippen LogP contribution in [0.15, 0.2) is 81.9 Å². The normalized spacial score (nSPS) is 16.6. The summed E-state index contributed by atoms with van der Waals surface area (Å²) in [5, 5.41) is 0.589. The van der Waals surface area contributed by atoms with Gasteiger partial charge in [-0.1, -0.05) is 48.0 Å². The van der Waals surface area contributed by atoms with E-state index in [9.17, 15) is 9.18 Å². The van der Waals surface area contributed by atoms with Gasteiger partial charge in [0, 0.05) is 18.3 Å². The Morgan fingerprint density at radius 1 is 1.18 bits per heavy atom. The molecule has 0 saturated heterocycles. The Kier molecular flexibility index (Phi) is 5.04. The molecule has 2 aliphatic heterocycles. The molecule has 4 rings (SSSR count). The zero-order valence-corrected chi connectivity index (χ0v) is 15.4. The molecule has 0 saturated carbocycles. The summed E-state index contributed by atoms with van der Waals surface area (Å²) >= 11 is 6.10. The molecule has 140 valence electrons. The van der Waals surface area contributed by atoms with Gasteiger partial charge in [0.2, 0.25) is 0 Å². The summed E-state index contributed by atoms with van der Waals surface area (Å²) in [6.07, 6.45) is 5.28. The molecule has 2 aromatic rings. The molecule has 28 heavy (non-hydrogen) atoms. The highest BCUT2D eigenvalue weighted by molar-refractivity contribution is 6.32. The van der Waals surface area contributed by atoms with E-state index < -0.39 is 11.7 Å². The first-order valence-corrected chi connectivity index (χ1v) is 8.96. The number of hydrogen-bond acceptors (Lipinski definition) is 3. The van der Waals surface area contributed by atoms with Crippen molar-refractivity contribution in [2.75, 3.05) is 6.61 Å². The number of hydrogen-bond donors (Lipinski definition) is 0. The van der Waals surface area contributed by atoms with Crippen LogP contribution < -0.4 is 4.74 Å². The van der Waals surface area contributed by atoms with E-state index in [1.165, 1.54) is 12.1 Å². The molecule has 0 N–H and O–H groups in total. The number of amidine groups is 2. The number of rotatable bonds is 3. The Hall–Kier alpha value is -3.25. The molecular weight excluding hydrogens is 381 g/mol. The third kappa shape index (κ3) is 3.87. The Bertz CT molecular complexity index is 1060. The Labute approximate surface area is 166 Å². The minimum absolute atomic E-state index is 0.00444. The van der Waals surface area contributed by atoms with Crippen molar-refractivity contribution >= 4 is 29.2 Å². The highest BCUT2D eigenvalue weighted by Crippen LogP contribution is 2.23. The van der Waals surface area contributed by atoms with Gasteiger partial charge in [0.1, 0.15) is 5.84 Å². The summed E-state index contributed by atoms with van der Waals surface area (Å²) in [5.41, 5.74) is 1.71. The van der Waals surface area contributed by atoms with Gasteiger partial charge in [0.25, 0.3) is 5.91 Å². The van der Waals surface area contributed by atoms with Gasteiger partial charge in [-0.25, -0.2) is 9.38 Å². The molecular formula is C21H15ClFN3O2. The standard InChI is InChI=1S/C21H15ClFN3O2/c22-15-9-10-19-24-21(16-6-2-1-5-14(16)11-26(19)12-15)25-20(27)13-28-18-8-4-3-7-17(18)23/h1-10,12H,11,13H2. The second-order valence-corrected chi connectivity index (χ2v) is 6.59. The van der Waals surface area contributed by atoms with Crippen molar-refractivity contribution in [3.8, 4) is 5.75 Å². The van der Waals surface area contributed by atoms with Gasteiger partial charge >= 0.3 is 0 Å². The summed E-state index contributed by atoms with van der Waals surface area (Å²) in [4.78, 5) is 22.9. The fourth-order valence-electron chi connectivity index (χ4n) is 2.90. The first-order valence-electron chi connectivity index (χ1n) is 8.58. The SMILES string of the molecule is O=C(COc1ccccc1F)N=C1N=C2C=CC(Cl)=CN2Cc2ccccc21. The van der Waals surface area contributed by atoms with Crippen molar-refractivity contribution in [1.82, 2.24) is 4.90 Å². The first kappa shape index (κ1) is 18.1. The van der Waals surface area contributed by atoms with E-state index in [1.54, 1.807) is 30.5 Å². The Morgan fingerprint density at radius 3 is 2.82 bits per heavy atom. The van der Waals surface area contributed by atoms with Crippen LogP contribution in [0, 0.1) is 5.82 Å². The van der Waals surface area contributed by atoms with Gasteiger partial charge in [-0.3, -0.25) is 4.79 Å². The number of ether oxygens (including phenoxy) is 1. The maximum atomic E-state index is 13.6. The third-order valence-electron chi connectivity index (χ3n) is 4.20. The van der Waals surface area contributed by atoms with Gasteiger partial charge in [-0.05, 0) is 29.8 Å². The lowest BCUT2D eigenvalue weighted by molar-refractivity contribution is -0.119. The van der Waals surface area contributed by atoms with E-state index in [1.807, 2.05) is 29.2 Å². The molecule has 0 bridgehead atoms. The molecule has 0 atom stereocenters. The second-order valence-electron chi connectivity index (χ2n) is 6.15. The predicted octanol–water partition coefficient (Wildman–Crippen LogP) is 4.04. The number of carbonyl (C=O) groups excluding carboxylic acids is 1. The van der Waals surface area contributed by atoms with Crippen LogP contribution in [-0.2, 0) is 11.3 Å². The van der Waals surface area contributed by atoms with Crippen LogP contribution in [0.3, 0.4) is 0 Å². The summed E-state index contributed by atoms with van der Waals surface area (Å²) < 4.78 is 18.9. The number of amides is 1. The summed E-state index contributed by atoms with van der Waals surface area (Å²) in [6.45, 7) is 0.164. The van der Waals surface area contributed by atoms with E-state index in [2.05, 4.69) is 9.98 Å². The van der Waals surface area contributed by atoms with Crippen molar-refractivity contribution in [3.05, 3.63) is 88.9 Å². The van der Waals surface area contributed by atoms with E-state index >= 15 is 0 Å². The second kappa shape index (κ2) is 7.78. The average molecular weight is 396 g/mol. The molecule has 1 amide bonds. The van der Waals surface area contributed by atoms with Crippen LogP contribution in [0.4, 0.5) is 4.39 Å². The predicted molar refractivity (Wildman–Crippen MR) is 106 cm³/mol.